The quantitative estimate of drug-likeness (QED) is 0.903. The maximum Gasteiger partial charge on any atom is 0.0414 e. The summed E-state index contributed by atoms with van der Waals surface area (Å²) in [7, 11) is 0. The van der Waals surface area contributed by atoms with Gasteiger partial charge in [-0.25, -0.2) is 0 Å². The molecule has 3 heterocycles. The smallest absolute Gasteiger partial charge is 0.0414 e. The lowest BCUT2D eigenvalue weighted by atomic mass is 10.1. The van der Waals surface area contributed by atoms with Crippen LogP contribution in [0.5, 0.6) is 0 Å². The molecule has 3 unspecified atom stereocenters. The zero-order chi connectivity index (χ0) is 13.5. The summed E-state index contributed by atoms with van der Waals surface area (Å²) in [4.78, 5) is 4.20. The van der Waals surface area contributed by atoms with Crippen LogP contribution in [0.4, 0.5) is 0 Å². The highest BCUT2D eigenvalue weighted by Gasteiger charge is 2.31. The molecule has 1 N–H and O–H groups in total. The lowest BCUT2D eigenvalue weighted by molar-refractivity contribution is 0.202. The second kappa shape index (κ2) is 5.14. The van der Waals surface area contributed by atoms with Crippen LogP contribution in [0.15, 0.2) is 30.3 Å². The highest BCUT2D eigenvalue weighted by atomic mass is 32.1. The van der Waals surface area contributed by atoms with Gasteiger partial charge in [-0.05, 0) is 43.7 Å². The first-order valence-electron chi connectivity index (χ1n) is 7.78. The maximum atomic E-state index is 3.78. The van der Waals surface area contributed by atoms with Crippen LogP contribution in [0.1, 0.15) is 37.1 Å². The fourth-order valence-corrected chi connectivity index (χ4v) is 4.86. The van der Waals surface area contributed by atoms with E-state index in [4.69, 9.17) is 0 Å². The number of nitrogens with zero attached hydrogens (tertiary/aromatic N) is 1. The van der Waals surface area contributed by atoms with E-state index >= 15 is 0 Å². The van der Waals surface area contributed by atoms with Crippen LogP contribution >= 0.6 is 11.3 Å². The van der Waals surface area contributed by atoms with Crippen LogP contribution in [-0.4, -0.2) is 30.1 Å². The van der Waals surface area contributed by atoms with Crippen molar-refractivity contribution in [2.45, 2.75) is 44.3 Å². The summed E-state index contributed by atoms with van der Waals surface area (Å²) in [6, 6.07) is 13.2. The second-order valence-electron chi connectivity index (χ2n) is 6.28. The normalized spacial score (nSPS) is 28.6. The molecule has 0 amide bonds. The third kappa shape index (κ3) is 2.28. The van der Waals surface area contributed by atoms with E-state index in [2.05, 4.69) is 47.5 Å². The number of rotatable bonds is 2. The molecule has 106 valence electrons. The van der Waals surface area contributed by atoms with E-state index in [1.54, 1.807) is 0 Å². The summed E-state index contributed by atoms with van der Waals surface area (Å²) in [5.74, 6) is 0. The molecule has 1 aromatic carbocycles. The number of hydrogen-bond donors (Lipinski definition) is 1. The SMILES string of the molecule is CC(c1cc2ccccc2s1)N1CCC2CCC(C1)N2. The van der Waals surface area contributed by atoms with Crippen molar-refractivity contribution in [1.29, 1.82) is 0 Å². The van der Waals surface area contributed by atoms with Crippen molar-refractivity contribution in [3.05, 3.63) is 35.2 Å². The molecule has 0 spiro atoms. The average molecular weight is 286 g/mol. The van der Waals surface area contributed by atoms with Gasteiger partial charge in [0.2, 0.25) is 0 Å². The number of likely N-dealkylation sites (tertiary alicyclic amines) is 1. The van der Waals surface area contributed by atoms with Gasteiger partial charge in [-0.2, -0.15) is 0 Å². The molecule has 4 rings (SSSR count). The summed E-state index contributed by atoms with van der Waals surface area (Å²) in [5.41, 5.74) is 0. The largest absolute Gasteiger partial charge is 0.310 e. The van der Waals surface area contributed by atoms with Crippen molar-refractivity contribution in [2.24, 2.45) is 0 Å². The van der Waals surface area contributed by atoms with Gasteiger partial charge in [0.25, 0.3) is 0 Å². The van der Waals surface area contributed by atoms with E-state index in [0.717, 1.165) is 12.1 Å². The van der Waals surface area contributed by atoms with E-state index in [0.29, 0.717) is 6.04 Å². The number of thiophene rings is 1. The molecule has 2 bridgehead atoms. The van der Waals surface area contributed by atoms with Crippen LogP contribution in [-0.2, 0) is 0 Å². The summed E-state index contributed by atoms with van der Waals surface area (Å²) in [6.07, 6.45) is 4.06. The molecule has 1 aromatic heterocycles. The highest BCUT2D eigenvalue weighted by Crippen LogP contribution is 2.34. The summed E-state index contributed by atoms with van der Waals surface area (Å²) >= 11 is 1.96. The topological polar surface area (TPSA) is 15.3 Å². The standard InChI is InChI=1S/C17H22N2S/c1-12(17-10-13-4-2-3-5-16(13)20-17)19-9-8-14-6-7-15(11-19)18-14/h2-5,10,12,14-15,18H,6-9,11H2,1H3. The van der Waals surface area contributed by atoms with E-state index in [1.807, 2.05) is 11.3 Å². The molecule has 0 saturated carbocycles. The van der Waals surface area contributed by atoms with Crippen LogP contribution in [0.3, 0.4) is 0 Å². The van der Waals surface area contributed by atoms with Crippen molar-refractivity contribution < 1.29 is 0 Å². The minimum atomic E-state index is 0.550. The van der Waals surface area contributed by atoms with E-state index < -0.39 is 0 Å². The van der Waals surface area contributed by atoms with Gasteiger partial charge in [-0.3, -0.25) is 4.90 Å². The Balaban J connectivity index is 1.58. The maximum absolute atomic E-state index is 3.78. The molecule has 2 aliphatic rings. The molecular weight excluding hydrogens is 264 g/mol. The Labute approximate surface area is 124 Å². The van der Waals surface area contributed by atoms with Crippen LogP contribution in [0.2, 0.25) is 0 Å². The summed E-state index contributed by atoms with van der Waals surface area (Å²) in [6.45, 7) is 4.83. The van der Waals surface area contributed by atoms with Crippen molar-refractivity contribution in [2.75, 3.05) is 13.1 Å². The minimum absolute atomic E-state index is 0.550. The van der Waals surface area contributed by atoms with E-state index in [1.165, 1.54) is 47.3 Å². The van der Waals surface area contributed by atoms with Gasteiger partial charge in [0.05, 0.1) is 0 Å². The molecular formula is C17H22N2S. The lowest BCUT2D eigenvalue weighted by Crippen LogP contribution is -2.36. The van der Waals surface area contributed by atoms with E-state index in [9.17, 15) is 0 Å². The Morgan fingerprint density at radius 2 is 2.05 bits per heavy atom. The first-order chi connectivity index (χ1) is 9.79. The van der Waals surface area contributed by atoms with Crippen molar-refractivity contribution in [3.63, 3.8) is 0 Å². The molecule has 3 heteroatoms. The number of fused-ring (bicyclic) bond motifs is 3. The Morgan fingerprint density at radius 1 is 1.20 bits per heavy atom. The van der Waals surface area contributed by atoms with Crippen LogP contribution in [0, 0.1) is 0 Å². The number of benzene rings is 1. The zero-order valence-electron chi connectivity index (χ0n) is 12.0. The van der Waals surface area contributed by atoms with Gasteiger partial charge in [-0.15, -0.1) is 11.3 Å². The van der Waals surface area contributed by atoms with Gasteiger partial charge < -0.3 is 5.32 Å². The average Bonchev–Trinajstić information content (AvgIpc) is 3.01. The third-order valence-electron chi connectivity index (χ3n) is 4.96. The minimum Gasteiger partial charge on any atom is -0.310 e. The molecule has 2 nitrogen and oxygen atoms in total. The Morgan fingerprint density at radius 3 is 2.95 bits per heavy atom. The van der Waals surface area contributed by atoms with E-state index in [-0.39, 0.29) is 0 Å². The zero-order valence-corrected chi connectivity index (χ0v) is 12.8. The van der Waals surface area contributed by atoms with Gasteiger partial charge in [-0.1, -0.05) is 18.2 Å². The molecule has 0 radical (unpaired) electrons. The van der Waals surface area contributed by atoms with Crippen LogP contribution < -0.4 is 5.32 Å². The summed E-state index contributed by atoms with van der Waals surface area (Å²) in [5, 5.41) is 5.17. The van der Waals surface area contributed by atoms with Gasteiger partial charge in [0.1, 0.15) is 0 Å². The van der Waals surface area contributed by atoms with Crippen molar-refractivity contribution in [1.82, 2.24) is 10.2 Å². The molecule has 2 aliphatic heterocycles. The Kier molecular flexibility index (Phi) is 3.29. The predicted molar refractivity (Wildman–Crippen MR) is 86.4 cm³/mol. The predicted octanol–water partition coefficient (Wildman–Crippen LogP) is 3.79. The summed E-state index contributed by atoms with van der Waals surface area (Å²) < 4.78 is 1.42. The molecule has 0 aliphatic carbocycles. The number of nitrogens with one attached hydrogen (secondary N) is 1. The Hall–Kier alpha value is -0.900. The molecule has 2 aromatic rings. The van der Waals surface area contributed by atoms with Gasteiger partial charge in [0, 0.05) is 40.8 Å². The Bertz CT molecular complexity index is 573. The fraction of sp³-hybridized carbons (Fsp3) is 0.529. The van der Waals surface area contributed by atoms with Gasteiger partial charge >= 0.3 is 0 Å². The van der Waals surface area contributed by atoms with Crippen LogP contribution in [0.25, 0.3) is 10.1 Å². The monoisotopic (exact) mass is 286 g/mol. The molecule has 2 fully saturated rings. The molecule has 3 atom stereocenters. The second-order valence-corrected chi connectivity index (χ2v) is 7.40. The van der Waals surface area contributed by atoms with Crippen molar-refractivity contribution >= 4 is 21.4 Å². The molecule has 2 saturated heterocycles. The van der Waals surface area contributed by atoms with Gasteiger partial charge in [0.15, 0.2) is 0 Å². The highest BCUT2D eigenvalue weighted by molar-refractivity contribution is 7.19. The lowest BCUT2D eigenvalue weighted by Gasteiger charge is -2.29. The molecule has 20 heavy (non-hydrogen) atoms. The fourth-order valence-electron chi connectivity index (χ4n) is 3.71. The first kappa shape index (κ1) is 12.8. The van der Waals surface area contributed by atoms with Crippen molar-refractivity contribution in [3.8, 4) is 0 Å². The third-order valence-corrected chi connectivity index (χ3v) is 6.25. The first-order valence-corrected chi connectivity index (χ1v) is 8.60. The number of hydrogen-bond acceptors (Lipinski definition) is 3.